The zero-order valence-corrected chi connectivity index (χ0v) is 14.8. The summed E-state index contributed by atoms with van der Waals surface area (Å²) in [5.74, 6) is -1.53. The molecule has 1 amide bonds. The molecule has 10 heteroatoms. The summed E-state index contributed by atoms with van der Waals surface area (Å²) in [6, 6.07) is 4.02. The van der Waals surface area contributed by atoms with Crippen LogP contribution in [0.2, 0.25) is 0 Å². The highest BCUT2D eigenvalue weighted by Crippen LogP contribution is 2.42. The van der Waals surface area contributed by atoms with Crippen LogP contribution < -0.4 is 5.32 Å². The quantitative estimate of drug-likeness (QED) is 0.806. The average molecular weight is 398 g/mol. The third-order valence-corrected chi connectivity index (χ3v) is 5.32. The van der Waals surface area contributed by atoms with Crippen LogP contribution in [0.3, 0.4) is 0 Å². The molecule has 1 aromatic heterocycles. The molecule has 1 unspecified atom stereocenters. The van der Waals surface area contributed by atoms with Gasteiger partial charge in [0.15, 0.2) is 11.4 Å². The molecule has 1 N–H and O–H groups in total. The minimum Gasteiger partial charge on any atom is -0.375 e. The number of carbonyl (C=O) groups is 1. The second-order valence-electron chi connectivity index (χ2n) is 7.22. The largest absolute Gasteiger partial charge is 0.435 e. The van der Waals surface area contributed by atoms with Crippen molar-refractivity contribution in [3.05, 3.63) is 41.5 Å². The van der Waals surface area contributed by atoms with Gasteiger partial charge in [-0.1, -0.05) is 5.21 Å². The van der Waals surface area contributed by atoms with Gasteiger partial charge in [-0.05, 0) is 56.4 Å². The second kappa shape index (κ2) is 6.84. The first kappa shape index (κ1) is 18.9. The summed E-state index contributed by atoms with van der Waals surface area (Å²) in [6.07, 6.45) is -0.921. The number of halogens is 4. The maximum atomic E-state index is 13.7. The molecule has 6 nitrogen and oxygen atoms in total. The van der Waals surface area contributed by atoms with Crippen LogP contribution in [0.1, 0.15) is 48.3 Å². The van der Waals surface area contributed by atoms with Gasteiger partial charge in [0, 0.05) is 12.6 Å². The molecule has 150 valence electrons. The van der Waals surface area contributed by atoms with E-state index in [4.69, 9.17) is 4.74 Å². The number of benzene rings is 1. The van der Waals surface area contributed by atoms with Gasteiger partial charge in [-0.2, -0.15) is 13.2 Å². The maximum absolute atomic E-state index is 13.7. The van der Waals surface area contributed by atoms with E-state index in [-0.39, 0.29) is 17.3 Å². The van der Waals surface area contributed by atoms with E-state index < -0.39 is 29.3 Å². The van der Waals surface area contributed by atoms with Gasteiger partial charge in [0.25, 0.3) is 5.91 Å². The molecule has 28 heavy (non-hydrogen) atoms. The van der Waals surface area contributed by atoms with Crippen LogP contribution >= 0.6 is 0 Å². The number of hydrogen-bond donors (Lipinski definition) is 1. The molecule has 1 saturated carbocycles. The molecule has 2 aliphatic rings. The highest BCUT2D eigenvalue weighted by molar-refractivity contribution is 5.93. The van der Waals surface area contributed by atoms with Crippen LogP contribution in [0.15, 0.2) is 24.3 Å². The van der Waals surface area contributed by atoms with Crippen molar-refractivity contribution in [1.82, 2.24) is 20.3 Å². The molecular weight excluding hydrogens is 380 g/mol. The fourth-order valence-electron chi connectivity index (χ4n) is 3.78. The Hall–Kier alpha value is -2.49. The van der Waals surface area contributed by atoms with Crippen LogP contribution in [-0.2, 0) is 10.9 Å². The number of hydrogen-bond acceptors (Lipinski definition) is 4. The van der Waals surface area contributed by atoms with Gasteiger partial charge < -0.3 is 10.1 Å². The summed E-state index contributed by atoms with van der Waals surface area (Å²) >= 11 is 0. The van der Waals surface area contributed by atoms with Crippen LogP contribution in [0.4, 0.5) is 17.6 Å². The maximum Gasteiger partial charge on any atom is 0.435 e. The number of alkyl halides is 3. The van der Waals surface area contributed by atoms with E-state index in [0.29, 0.717) is 24.1 Å². The molecule has 2 fully saturated rings. The Morgan fingerprint density at radius 2 is 1.96 bits per heavy atom. The van der Waals surface area contributed by atoms with Crippen LogP contribution in [-0.4, -0.2) is 39.2 Å². The fraction of sp³-hybridized carbons (Fsp3) is 0.500. The van der Waals surface area contributed by atoms with Gasteiger partial charge >= 0.3 is 6.18 Å². The van der Waals surface area contributed by atoms with Crippen molar-refractivity contribution in [2.75, 3.05) is 6.61 Å². The summed E-state index contributed by atoms with van der Waals surface area (Å²) in [5, 5.41) is 9.61. The van der Waals surface area contributed by atoms with E-state index in [1.165, 1.54) is 0 Å². The molecule has 1 aliphatic heterocycles. The van der Waals surface area contributed by atoms with Crippen molar-refractivity contribution in [1.29, 1.82) is 0 Å². The van der Waals surface area contributed by atoms with Crippen molar-refractivity contribution < 1.29 is 27.1 Å². The molecule has 1 aliphatic carbocycles. The smallest absolute Gasteiger partial charge is 0.375 e. The SMILES string of the molecule is O=C(NC1CCOC2(CCC2)C1)c1nnn(-c2ccc(F)cc2)c1C(F)(F)F. The Balaban J connectivity index is 1.60. The summed E-state index contributed by atoms with van der Waals surface area (Å²) in [6.45, 7) is 0.458. The molecule has 1 aromatic carbocycles. The van der Waals surface area contributed by atoms with Gasteiger partial charge in [-0.3, -0.25) is 4.79 Å². The summed E-state index contributed by atoms with van der Waals surface area (Å²) in [7, 11) is 0. The molecule has 0 radical (unpaired) electrons. The first-order valence-electron chi connectivity index (χ1n) is 9.01. The lowest BCUT2D eigenvalue weighted by molar-refractivity contribution is -0.143. The number of rotatable bonds is 3. The monoisotopic (exact) mass is 398 g/mol. The number of ether oxygens (including phenoxy) is 1. The molecule has 0 bridgehead atoms. The second-order valence-corrected chi connectivity index (χ2v) is 7.22. The van der Waals surface area contributed by atoms with E-state index >= 15 is 0 Å². The average Bonchev–Trinajstić information content (AvgIpc) is 3.07. The lowest BCUT2D eigenvalue weighted by atomic mass is 9.74. The first-order chi connectivity index (χ1) is 13.3. The predicted molar refractivity (Wildman–Crippen MR) is 89.3 cm³/mol. The topological polar surface area (TPSA) is 69.0 Å². The normalized spacial score (nSPS) is 21.4. The standard InChI is InChI=1S/C18H18F4N4O2/c19-11-2-4-13(5-3-11)26-15(18(20,21)22)14(24-25-26)16(27)23-12-6-9-28-17(10-12)7-1-8-17/h2-5,12H,1,6-10H2,(H,23,27). The van der Waals surface area contributed by atoms with Crippen molar-refractivity contribution in [2.45, 2.75) is 49.9 Å². The molecular formula is C18H18F4N4O2. The minimum atomic E-state index is -4.87. The first-order valence-corrected chi connectivity index (χ1v) is 9.01. The molecule has 4 rings (SSSR count). The highest BCUT2D eigenvalue weighted by Gasteiger charge is 2.45. The summed E-state index contributed by atoms with van der Waals surface area (Å²) < 4.78 is 60.3. The Morgan fingerprint density at radius 1 is 1.25 bits per heavy atom. The Kier molecular flexibility index (Phi) is 4.60. The zero-order valence-electron chi connectivity index (χ0n) is 14.8. The number of amides is 1. The van der Waals surface area contributed by atoms with Gasteiger partial charge in [-0.15, -0.1) is 5.10 Å². The van der Waals surface area contributed by atoms with Crippen molar-refractivity contribution in [2.24, 2.45) is 0 Å². The number of aromatic nitrogens is 3. The Labute approximate surface area is 157 Å². The lowest BCUT2D eigenvalue weighted by Crippen LogP contribution is -2.52. The number of nitrogens with one attached hydrogen (secondary N) is 1. The van der Waals surface area contributed by atoms with Crippen molar-refractivity contribution >= 4 is 5.91 Å². The van der Waals surface area contributed by atoms with E-state index in [1.54, 1.807) is 0 Å². The third-order valence-electron chi connectivity index (χ3n) is 5.32. The number of nitrogens with zero attached hydrogens (tertiary/aromatic N) is 3. The summed E-state index contributed by atoms with van der Waals surface area (Å²) in [4.78, 5) is 12.6. The van der Waals surface area contributed by atoms with Crippen LogP contribution in [0, 0.1) is 5.82 Å². The Morgan fingerprint density at radius 3 is 2.57 bits per heavy atom. The molecule has 1 spiro atoms. The van der Waals surface area contributed by atoms with E-state index in [1.807, 2.05) is 0 Å². The van der Waals surface area contributed by atoms with Gasteiger partial charge in [0.2, 0.25) is 0 Å². The van der Waals surface area contributed by atoms with E-state index in [9.17, 15) is 22.4 Å². The highest BCUT2D eigenvalue weighted by atomic mass is 19.4. The van der Waals surface area contributed by atoms with Crippen LogP contribution in [0.5, 0.6) is 0 Å². The zero-order chi connectivity index (χ0) is 19.9. The van der Waals surface area contributed by atoms with E-state index in [0.717, 1.165) is 43.5 Å². The molecule has 2 heterocycles. The molecule has 2 aromatic rings. The minimum absolute atomic E-state index is 0.0419. The predicted octanol–water partition coefficient (Wildman–Crippen LogP) is 3.26. The lowest BCUT2D eigenvalue weighted by Gasteiger charge is -2.47. The van der Waals surface area contributed by atoms with Gasteiger partial charge in [0.1, 0.15) is 5.82 Å². The van der Waals surface area contributed by atoms with E-state index in [2.05, 4.69) is 15.6 Å². The van der Waals surface area contributed by atoms with Crippen LogP contribution in [0.25, 0.3) is 5.69 Å². The third kappa shape index (κ3) is 3.48. The van der Waals surface area contributed by atoms with Gasteiger partial charge in [0.05, 0.1) is 11.3 Å². The number of carbonyl (C=O) groups excluding carboxylic acids is 1. The summed E-state index contributed by atoms with van der Waals surface area (Å²) in [5.41, 5.74) is -2.39. The fourth-order valence-corrected chi connectivity index (χ4v) is 3.78. The molecule has 1 atom stereocenters. The molecule has 1 saturated heterocycles. The van der Waals surface area contributed by atoms with Crippen molar-refractivity contribution in [3.8, 4) is 5.69 Å². The Bertz CT molecular complexity index is 875. The van der Waals surface area contributed by atoms with Gasteiger partial charge in [-0.25, -0.2) is 9.07 Å². The van der Waals surface area contributed by atoms with Crippen molar-refractivity contribution in [3.63, 3.8) is 0 Å².